The number of aromatic nitrogens is 4. The van der Waals surface area contributed by atoms with Crippen molar-refractivity contribution in [3.05, 3.63) is 57.4 Å². The largest absolute Gasteiger partial charge is 0.322 e. The number of carbonyl (C=O) groups excluding carboxylic acids is 1. The van der Waals surface area contributed by atoms with E-state index in [-0.39, 0.29) is 11.7 Å². The molecule has 0 spiro atoms. The Hall–Kier alpha value is -2.36. The van der Waals surface area contributed by atoms with Gasteiger partial charge in [0, 0.05) is 14.8 Å². The number of benzene rings is 2. The van der Waals surface area contributed by atoms with Crippen molar-refractivity contribution in [1.29, 1.82) is 0 Å². The maximum atomic E-state index is 13.2. The number of amides is 1. The lowest BCUT2D eigenvalue weighted by Crippen LogP contribution is -2.13. The lowest BCUT2D eigenvalue weighted by atomic mass is 10.1. The first kappa shape index (κ1) is 16.1. The maximum absolute atomic E-state index is 13.2. The van der Waals surface area contributed by atoms with Crippen molar-refractivity contribution in [1.82, 2.24) is 20.2 Å². The van der Waals surface area contributed by atoms with E-state index in [4.69, 9.17) is 0 Å². The van der Waals surface area contributed by atoms with Gasteiger partial charge in [0.25, 0.3) is 5.91 Å². The lowest BCUT2D eigenvalue weighted by Gasteiger charge is -2.08. The summed E-state index contributed by atoms with van der Waals surface area (Å²) in [6.07, 6.45) is 2.20. The van der Waals surface area contributed by atoms with Crippen molar-refractivity contribution in [2.45, 2.75) is 18.9 Å². The Balaban J connectivity index is 1.52. The molecule has 3 aromatic rings. The van der Waals surface area contributed by atoms with Crippen LogP contribution >= 0.6 is 22.6 Å². The molecule has 1 saturated carbocycles. The van der Waals surface area contributed by atoms with E-state index >= 15 is 0 Å². The van der Waals surface area contributed by atoms with E-state index in [1.165, 1.54) is 18.2 Å². The van der Waals surface area contributed by atoms with Crippen molar-refractivity contribution < 1.29 is 9.18 Å². The smallest absolute Gasteiger partial charge is 0.256 e. The molecular formula is C17H13FIN5O. The fraction of sp³-hybridized carbons (Fsp3) is 0.176. The SMILES string of the molecule is O=C(Nc1ccc(-c2nnnn2C2CC2)cc1)c1ccc(F)cc1I. The molecule has 0 unspecified atom stereocenters. The first-order valence-electron chi connectivity index (χ1n) is 7.76. The minimum absolute atomic E-state index is 0.278. The molecule has 8 heteroatoms. The van der Waals surface area contributed by atoms with E-state index in [0.29, 0.717) is 20.9 Å². The molecule has 0 bridgehead atoms. The number of hydrogen-bond acceptors (Lipinski definition) is 4. The number of halogens is 2. The molecule has 0 radical (unpaired) electrons. The van der Waals surface area contributed by atoms with Crippen molar-refractivity contribution >= 4 is 34.2 Å². The summed E-state index contributed by atoms with van der Waals surface area (Å²) < 4.78 is 15.6. The molecule has 1 aromatic heterocycles. The number of rotatable bonds is 4. The summed E-state index contributed by atoms with van der Waals surface area (Å²) in [5.41, 5.74) is 1.98. The fourth-order valence-electron chi connectivity index (χ4n) is 2.52. The second kappa shape index (κ2) is 6.51. The van der Waals surface area contributed by atoms with Gasteiger partial charge in [-0.1, -0.05) is 0 Å². The second-order valence-corrected chi connectivity index (χ2v) is 7.00. The van der Waals surface area contributed by atoms with Gasteiger partial charge in [0.05, 0.1) is 11.6 Å². The zero-order valence-corrected chi connectivity index (χ0v) is 15.1. The van der Waals surface area contributed by atoms with E-state index < -0.39 is 0 Å². The monoisotopic (exact) mass is 449 g/mol. The molecule has 0 atom stereocenters. The van der Waals surface area contributed by atoms with Crippen LogP contribution in [0.4, 0.5) is 10.1 Å². The third kappa shape index (κ3) is 3.39. The molecule has 2 aromatic carbocycles. The first-order chi connectivity index (χ1) is 12.1. The van der Waals surface area contributed by atoms with Gasteiger partial charge in [-0.05, 0) is 88.3 Å². The normalized spacial score (nSPS) is 13.7. The number of nitrogens with one attached hydrogen (secondary N) is 1. The van der Waals surface area contributed by atoms with Crippen molar-refractivity contribution in [2.75, 3.05) is 5.32 Å². The van der Waals surface area contributed by atoms with Gasteiger partial charge >= 0.3 is 0 Å². The average molecular weight is 449 g/mol. The first-order valence-corrected chi connectivity index (χ1v) is 8.84. The Morgan fingerprint density at radius 1 is 1.20 bits per heavy atom. The van der Waals surface area contributed by atoms with Crippen LogP contribution in [0.5, 0.6) is 0 Å². The Morgan fingerprint density at radius 3 is 2.64 bits per heavy atom. The predicted octanol–water partition coefficient (Wildman–Crippen LogP) is 3.67. The quantitative estimate of drug-likeness (QED) is 0.618. The molecule has 1 aliphatic carbocycles. The zero-order valence-electron chi connectivity index (χ0n) is 13.0. The molecule has 1 aliphatic rings. The van der Waals surface area contributed by atoms with Gasteiger partial charge in [-0.3, -0.25) is 4.79 Å². The van der Waals surface area contributed by atoms with Crippen molar-refractivity contribution in [2.24, 2.45) is 0 Å². The van der Waals surface area contributed by atoms with Crippen LogP contribution in [-0.4, -0.2) is 26.1 Å². The third-order valence-corrected chi connectivity index (χ3v) is 4.85. The van der Waals surface area contributed by atoms with Crippen LogP contribution in [0.15, 0.2) is 42.5 Å². The summed E-state index contributed by atoms with van der Waals surface area (Å²) in [6.45, 7) is 0. The molecule has 1 fully saturated rings. The Bertz CT molecular complexity index is 936. The Labute approximate surface area is 156 Å². The zero-order chi connectivity index (χ0) is 17.4. The van der Waals surface area contributed by atoms with Crippen LogP contribution in [0.2, 0.25) is 0 Å². The molecule has 1 N–H and O–H groups in total. The molecule has 0 aliphatic heterocycles. The second-order valence-electron chi connectivity index (χ2n) is 5.83. The summed E-state index contributed by atoms with van der Waals surface area (Å²) in [5.74, 6) is 0.0899. The highest BCUT2D eigenvalue weighted by Gasteiger charge is 2.28. The molecule has 6 nitrogen and oxygen atoms in total. The van der Waals surface area contributed by atoms with Gasteiger partial charge in [0.1, 0.15) is 5.82 Å². The molecule has 4 rings (SSSR count). The summed E-state index contributed by atoms with van der Waals surface area (Å²) in [6, 6.07) is 11.8. The molecule has 1 amide bonds. The predicted molar refractivity (Wildman–Crippen MR) is 98.6 cm³/mol. The standard InChI is InChI=1S/C17H13FIN5O/c18-11-3-8-14(15(19)9-11)17(25)20-12-4-1-10(2-5-12)16-21-22-23-24(16)13-6-7-13/h1-5,8-9,13H,6-7H2,(H,20,25). The molecule has 1 heterocycles. The van der Waals surface area contributed by atoms with Crippen molar-refractivity contribution in [3.8, 4) is 11.4 Å². The lowest BCUT2D eigenvalue weighted by molar-refractivity contribution is 0.102. The number of nitrogens with zero attached hydrogens (tertiary/aromatic N) is 4. The van der Waals surface area contributed by atoms with Crippen LogP contribution in [-0.2, 0) is 0 Å². The Morgan fingerprint density at radius 2 is 1.96 bits per heavy atom. The number of carbonyl (C=O) groups is 1. The topological polar surface area (TPSA) is 72.7 Å². The Kier molecular flexibility index (Phi) is 4.20. The van der Waals surface area contributed by atoms with E-state index in [0.717, 1.165) is 24.2 Å². The average Bonchev–Trinajstić information content (AvgIpc) is 3.32. The van der Waals surface area contributed by atoms with Crippen LogP contribution in [0, 0.1) is 9.39 Å². The molecular weight excluding hydrogens is 436 g/mol. The van der Waals surface area contributed by atoms with Crippen LogP contribution in [0.3, 0.4) is 0 Å². The summed E-state index contributed by atoms with van der Waals surface area (Å²) >= 11 is 1.95. The highest BCUT2D eigenvalue weighted by Crippen LogP contribution is 2.36. The van der Waals surface area contributed by atoms with E-state index in [2.05, 4.69) is 20.8 Å². The maximum Gasteiger partial charge on any atom is 0.256 e. The van der Waals surface area contributed by atoms with E-state index in [1.54, 1.807) is 12.1 Å². The summed E-state index contributed by atoms with van der Waals surface area (Å²) in [4.78, 5) is 12.3. The minimum Gasteiger partial charge on any atom is -0.322 e. The van der Waals surface area contributed by atoms with Crippen LogP contribution in [0.1, 0.15) is 29.2 Å². The van der Waals surface area contributed by atoms with Gasteiger partial charge in [-0.15, -0.1) is 5.10 Å². The fourth-order valence-corrected chi connectivity index (χ4v) is 3.25. The van der Waals surface area contributed by atoms with Crippen LogP contribution in [0.25, 0.3) is 11.4 Å². The van der Waals surface area contributed by atoms with Gasteiger partial charge in [0.2, 0.25) is 0 Å². The number of hydrogen-bond donors (Lipinski definition) is 1. The van der Waals surface area contributed by atoms with Gasteiger partial charge in [-0.2, -0.15) is 0 Å². The van der Waals surface area contributed by atoms with E-state index in [9.17, 15) is 9.18 Å². The van der Waals surface area contributed by atoms with Crippen molar-refractivity contribution in [3.63, 3.8) is 0 Å². The van der Waals surface area contributed by atoms with Gasteiger partial charge in [-0.25, -0.2) is 9.07 Å². The molecule has 0 saturated heterocycles. The van der Waals surface area contributed by atoms with Crippen LogP contribution < -0.4 is 5.32 Å². The number of tetrazole rings is 1. The molecule has 25 heavy (non-hydrogen) atoms. The summed E-state index contributed by atoms with van der Waals surface area (Å²) in [5, 5.41) is 14.7. The third-order valence-electron chi connectivity index (χ3n) is 3.96. The highest BCUT2D eigenvalue weighted by molar-refractivity contribution is 14.1. The van der Waals surface area contributed by atoms with Gasteiger partial charge < -0.3 is 5.32 Å². The number of anilines is 1. The summed E-state index contributed by atoms with van der Waals surface area (Å²) in [7, 11) is 0. The minimum atomic E-state index is -0.362. The van der Waals surface area contributed by atoms with Gasteiger partial charge in [0.15, 0.2) is 5.82 Å². The highest BCUT2D eigenvalue weighted by atomic mass is 127. The molecule has 126 valence electrons. The van der Waals surface area contributed by atoms with E-state index in [1.807, 2.05) is 39.4 Å².